The Kier molecular flexibility index (Phi) is 5.50. The number of hydrogen-bond acceptors (Lipinski definition) is 6. The van der Waals surface area contributed by atoms with Crippen molar-refractivity contribution in [1.82, 2.24) is 18.5 Å². The van der Waals surface area contributed by atoms with Crippen LogP contribution in [0.1, 0.15) is 31.2 Å². The lowest BCUT2D eigenvalue weighted by molar-refractivity contribution is -0.0458. The molecule has 0 aliphatic carbocycles. The molecule has 2 aliphatic rings. The van der Waals surface area contributed by atoms with E-state index < -0.39 is 10.2 Å². The fourth-order valence-corrected chi connectivity index (χ4v) is 5.15. The van der Waals surface area contributed by atoms with Crippen molar-refractivity contribution in [2.45, 2.75) is 46.4 Å². The van der Waals surface area contributed by atoms with Gasteiger partial charge in [-0.2, -0.15) is 17.0 Å². The van der Waals surface area contributed by atoms with Crippen molar-refractivity contribution < 1.29 is 17.6 Å². The Hall–Kier alpha value is -1.00. The van der Waals surface area contributed by atoms with Gasteiger partial charge in [0.2, 0.25) is 5.89 Å². The van der Waals surface area contributed by atoms with E-state index in [-0.39, 0.29) is 12.2 Å². The molecule has 0 bridgehead atoms. The second-order valence-electron chi connectivity index (χ2n) is 7.01. The Labute approximate surface area is 149 Å². The number of piperazine rings is 1. The average molecular weight is 372 g/mol. The Balaban J connectivity index is 1.57. The number of nitrogens with zero attached hydrogens (tertiary/aromatic N) is 4. The number of rotatable bonds is 4. The van der Waals surface area contributed by atoms with E-state index in [1.54, 1.807) is 8.61 Å². The van der Waals surface area contributed by atoms with Gasteiger partial charge >= 0.3 is 0 Å². The molecule has 0 saturated carbocycles. The van der Waals surface area contributed by atoms with Crippen LogP contribution in [0.3, 0.4) is 0 Å². The lowest BCUT2D eigenvalue weighted by Gasteiger charge is -2.40. The molecule has 0 amide bonds. The van der Waals surface area contributed by atoms with Crippen LogP contribution < -0.4 is 0 Å². The summed E-state index contributed by atoms with van der Waals surface area (Å²) in [5, 5.41) is 0. The van der Waals surface area contributed by atoms with E-state index in [1.165, 1.54) is 0 Å². The fraction of sp³-hybridized carbons (Fsp3) is 0.812. The molecule has 2 fully saturated rings. The zero-order valence-corrected chi connectivity index (χ0v) is 16.3. The Morgan fingerprint density at radius 1 is 1.04 bits per heavy atom. The van der Waals surface area contributed by atoms with Gasteiger partial charge in [0, 0.05) is 39.3 Å². The summed E-state index contributed by atoms with van der Waals surface area (Å²) in [5.74, 6) is 1.54. The lowest BCUT2D eigenvalue weighted by Crippen LogP contribution is -2.57. The average Bonchev–Trinajstić information content (AvgIpc) is 2.85. The topological polar surface area (TPSA) is 79.1 Å². The highest BCUT2D eigenvalue weighted by Gasteiger charge is 2.36. The monoisotopic (exact) mass is 372 g/mol. The molecule has 1 aromatic rings. The third-order valence-electron chi connectivity index (χ3n) is 4.80. The van der Waals surface area contributed by atoms with Crippen LogP contribution in [0.5, 0.6) is 0 Å². The first-order chi connectivity index (χ1) is 11.8. The molecule has 3 heterocycles. The van der Waals surface area contributed by atoms with Gasteiger partial charge in [-0.25, -0.2) is 4.98 Å². The Morgan fingerprint density at radius 3 is 2.16 bits per heavy atom. The summed E-state index contributed by atoms with van der Waals surface area (Å²) >= 11 is 0. The van der Waals surface area contributed by atoms with Crippen molar-refractivity contribution in [1.29, 1.82) is 0 Å². The van der Waals surface area contributed by atoms with Gasteiger partial charge in [-0.15, -0.1) is 0 Å². The molecule has 0 radical (unpaired) electrons. The molecule has 0 spiro atoms. The van der Waals surface area contributed by atoms with Crippen LogP contribution in [0.15, 0.2) is 4.42 Å². The summed E-state index contributed by atoms with van der Waals surface area (Å²) < 4.78 is 40.2. The third kappa shape index (κ3) is 4.22. The van der Waals surface area contributed by atoms with Crippen molar-refractivity contribution >= 4 is 10.2 Å². The van der Waals surface area contributed by atoms with Crippen LogP contribution in [-0.2, 0) is 21.5 Å². The highest BCUT2D eigenvalue weighted by molar-refractivity contribution is 7.86. The summed E-state index contributed by atoms with van der Waals surface area (Å²) in [5.41, 5.74) is 0.909. The number of aryl methyl sites for hydroxylation is 2. The van der Waals surface area contributed by atoms with E-state index in [9.17, 15) is 8.42 Å². The first-order valence-electron chi connectivity index (χ1n) is 8.81. The van der Waals surface area contributed by atoms with E-state index in [0.29, 0.717) is 51.7 Å². The van der Waals surface area contributed by atoms with Gasteiger partial charge in [0.15, 0.2) is 0 Å². The number of hydrogen-bond donors (Lipinski definition) is 0. The van der Waals surface area contributed by atoms with Crippen molar-refractivity contribution in [3.63, 3.8) is 0 Å². The second kappa shape index (κ2) is 7.32. The maximum Gasteiger partial charge on any atom is 0.282 e. The van der Waals surface area contributed by atoms with Gasteiger partial charge in [0.25, 0.3) is 10.2 Å². The zero-order valence-electron chi connectivity index (χ0n) is 15.4. The highest BCUT2D eigenvalue weighted by Crippen LogP contribution is 2.19. The maximum atomic E-state index is 12.9. The van der Waals surface area contributed by atoms with Gasteiger partial charge in [0.05, 0.1) is 24.4 Å². The number of aromatic nitrogens is 1. The van der Waals surface area contributed by atoms with Crippen LogP contribution in [-0.4, -0.2) is 78.4 Å². The minimum absolute atomic E-state index is 0.0729. The smallest absolute Gasteiger partial charge is 0.282 e. The first-order valence-corrected chi connectivity index (χ1v) is 10.2. The van der Waals surface area contributed by atoms with Gasteiger partial charge in [0.1, 0.15) is 5.76 Å². The number of morpholine rings is 1. The quantitative estimate of drug-likeness (QED) is 0.777. The molecular weight excluding hydrogens is 344 g/mol. The van der Waals surface area contributed by atoms with Crippen LogP contribution in [0.4, 0.5) is 0 Å². The van der Waals surface area contributed by atoms with Crippen molar-refractivity contribution in [2.75, 3.05) is 39.3 Å². The maximum absolute atomic E-state index is 12.9. The minimum atomic E-state index is -3.43. The molecule has 2 unspecified atom stereocenters. The minimum Gasteiger partial charge on any atom is -0.444 e. The van der Waals surface area contributed by atoms with Gasteiger partial charge < -0.3 is 9.15 Å². The molecule has 142 valence electrons. The summed E-state index contributed by atoms with van der Waals surface area (Å²) in [4.78, 5) is 6.58. The van der Waals surface area contributed by atoms with E-state index in [4.69, 9.17) is 9.15 Å². The molecule has 1 aromatic heterocycles. The predicted octanol–water partition coefficient (Wildman–Crippen LogP) is 0.763. The summed E-state index contributed by atoms with van der Waals surface area (Å²) in [6.07, 6.45) is -0.146. The largest absolute Gasteiger partial charge is 0.444 e. The zero-order chi connectivity index (χ0) is 18.2. The van der Waals surface area contributed by atoms with Crippen molar-refractivity contribution in [2.24, 2.45) is 0 Å². The molecule has 0 aromatic carbocycles. The molecular formula is C16H28N4O4S. The Bertz CT molecular complexity index is 667. The van der Waals surface area contributed by atoms with Gasteiger partial charge in [-0.1, -0.05) is 0 Å². The fourth-order valence-electron chi connectivity index (χ4n) is 3.40. The highest BCUT2D eigenvalue weighted by atomic mass is 32.2. The van der Waals surface area contributed by atoms with E-state index in [2.05, 4.69) is 9.88 Å². The summed E-state index contributed by atoms with van der Waals surface area (Å²) in [6.45, 7) is 11.4. The molecule has 3 rings (SSSR count). The van der Waals surface area contributed by atoms with Crippen molar-refractivity contribution in [3.8, 4) is 0 Å². The summed E-state index contributed by atoms with van der Waals surface area (Å²) in [6, 6.07) is 0. The van der Waals surface area contributed by atoms with Gasteiger partial charge in [-0.05, 0) is 27.7 Å². The van der Waals surface area contributed by atoms with E-state index in [1.807, 2.05) is 27.7 Å². The number of oxazole rings is 1. The van der Waals surface area contributed by atoms with Gasteiger partial charge in [-0.3, -0.25) is 4.90 Å². The van der Waals surface area contributed by atoms with Crippen LogP contribution in [0.2, 0.25) is 0 Å². The molecule has 2 aliphatic heterocycles. The molecule has 2 saturated heterocycles. The molecule has 2 atom stereocenters. The van der Waals surface area contributed by atoms with Crippen molar-refractivity contribution in [3.05, 3.63) is 17.3 Å². The predicted molar refractivity (Wildman–Crippen MR) is 93.3 cm³/mol. The van der Waals surface area contributed by atoms with E-state index in [0.717, 1.165) is 11.5 Å². The number of ether oxygens (including phenoxy) is 1. The molecule has 8 nitrogen and oxygen atoms in total. The lowest BCUT2D eigenvalue weighted by atomic mass is 10.3. The normalized spacial score (nSPS) is 27.7. The van der Waals surface area contributed by atoms with E-state index >= 15 is 0 Å². The van der Waals surface area contributed by atoms with Crippen LogP contribution in [0, 0.1) is 13.8 Å². The second-order valence-corrected chi connectivity index (χ2v) is 8.93. The SMILES string of the molecule is Cc1nc(CN2CCN(S(=O)(=O)N3CC(C)OC(C)C3)CC2)oc1C. The first kappa shape index (κ1) is 18.8. The Morgan fingerprint density at radius 2 is 1.64 bits per heavy atom. The molecule has 25 heavy (non-hydrogen) atoms. The van der Waals surface area contributed by atoms with Crippen LogP contribution >= 0.6 is 0 Å². The third-order valence-corrected chi connectivity index (χ3v) is 6.77. The summed E-state index contributed by atoms with van der Waals surface area (Å²) in [7, 11) is -3.43. The van der Waals surface area contributed by atoms with Crippen LogP contribution in [0.25, 0.3) is 0 Å². The standard InChI is InChI=1S/C16H28N4O4S/c1-12-9-20(10-13(2)23-12)25(21,22)19-7-5-18(6-8-19)11-16-17-14(3)15(4)24-16/h12-13H,5-11H2,1-4H3. The molecule has 9 heteroatoms. The molecule has 0 N–H and O–H groups in total.